The average Bonchev–Trinajstić information content (AvgIpc) is 2.62. The number of guanidine groups is 1. The lowest BCUT2D eigenvalue weighted by molar-refractivity contribution is -0.118. The molecule has 26 heavy (non-hydrogen) atoms. The average molecular weight is 420 g/mol. The molecule has 136 valence electrons. The first kappa shape index (κ1) is 19.3. The molecule has 0 heterocycles. The SMILES string of the molecule is COc1cc(C=NN=C(N)N)ccc1OCC(=O)Nc1ccc(Br)cc1. The highest BCUT2D eigenvalue weighted by molar-refractivity contribution is 9.10. The van der Waals surface area contributed by atoms with Gasteiger partial charge in [-0.1, -0.05) is 15.9 Å². The number of halogens is 1. The normalized spacial score (nSPS) is 10.4. The molecule has 0 aliphatic heterocycles. The van der Waals surface area contributed by atoms with Crippen LogP contribution in [0.15, 0.2) is 57.1 Å². The van der Waals surface area contributed by atoms with Gasteiger partial charge in [0.15, 0.2) is 18.1 Å². The Kier molecular flexibility index (Phi) is 6.98. The maximum Gasteiger partial charge on any atom is 0.262 e. The Bertz CT molecular complexity index is 818. The van der Waals surface area contributed by atoms with Crippen molar-refractivity contribution in [2.45, 2.75) is 0 Å². The van der Waals surface area contributed by atoms with Crippen LogP contribution in [0.5, 0.6) is 11.5 Å². The fourth-order valence-electron chi connectivity index (χ4n) is 1.92. The van der Waals surface area contributed by atoms with E-state index in [-0.39, 0.29) is 18.5 Å². The van der Waals surface area contributed by atoms with Gasteiger partial charge in [0.05, 0.1) is 13.3 Å². The number of carbonyl (C=O) groups is 1. The molecule has 8 nitrogen and oxygen atoms in total. The van der Waals surface area contributed by atoms with Crippen molar-refractivity contribution in [3.8, 4) is 11.5 Å². The maximum atomic E-state index is 12.0. The zero-order valence-corrected chi connectivity index (χ0v) is 15.6. The molecule has 0 aliphatic rings. The number of amides is 1. The first-order chi connectivity index (χ1) is 12.5. The van der Waals surface area contributed by atoms with E-state index in [9.17, 15) is 4.79 Å². The topological polar surface area (TPSA) is 124 Å². The molecule has 0 unspecified atom stereocenters. The van der Waals surface area contributed by atoms with Crippen molar-refractivity contribution in [3.05, 3.63) is 52.5 Å². The van der Waals surface area contributed by atoms with Crippen LogP contribution in [0.1, 0.15) is 5.56 Å². The molecule has 0 saturated carbocycles. The lowest BCUT2D eigenvalue weighted by atomic mass is 10.2. The summed E-state index contributed by atoms with van der Waals surface area (Å²) in [7, 11) is 1.50. The zero-order chi connectivity index (χ0) is 18.9. The lowest BCUT2D eigenvalue weighted by Gasteiger charge is -2.11. The third-order valence-corrected chi connectivity index (χ3v) is 3.58. The summed E-state index contributed by atoms with van der Waals surface area (Å²) in [4.78, 5) is 12.0. The summed E-state index contributed by atoms with van der Waals surface area (Å²) in [6.45, 7) is -0.159. The van der Waals surface area contributed by atoms with Crippen LogP contribution < -0.4 is 26.3 Å². The van der Waals surface area contributed by atoms with Gasteiger partial charge in [0.2, 0.25) is 5.96 Å². The molecule has 9 heteroatoms. The van der Waals surface area contributed by atoms with E-state index in [1.165, 1.54) is 13.3 Å². The summed E-state index contributed by atoms with van der Waals surface area (Å²) < 4.78 is 11.7. The monoisotopic (exact) mass is 419 g/mol. The predicted molar refractivity (Wildman–Crippen MR) is 105 cm³/mol. The molecule has 0 spiro atoms. The number of nitrogens with zero attached hydrogens (tertiary/aromatic N) is 2. The summed E-state index contributed by atoms with van der Waals surface area (Å²) in [5, 5.41) is 9.98. The highest BCUT2D eigenvalue weighted by atomic mass is 79.9. The number of nitrogens with two attached hydrogens (primary N) is 2. The van der Waals surface area contributed by atoms with E-state index in [1.807, 2.05) is 12.1 Å². The number of hydrogen-bond donors (Lipinski definition) is 3. The van der Waals surface area contributed by atoms with Crippen molar-refractivity contribution in [2.24, 2.45) is 21.7 Å². The number of benzene rings is 2. The van der Waals surface area contributed by atoms with Crippen molar-refractivity contribution in [3.63, 3.8) is 0 Å². The third kappa shape index (κ3) is 6.10. The van der Waals surface area contributed by atoms with Gasteiger partial charge < -0.3 is 26.3 Å². The molecule has 0 atom stereocenters. The Labute approximate surface area is 159 Å². The van der Waals surface area contributed by atoms with Crippen molar-refractivity contribution in [1.82, 2.24) is 0 Å². The van der Waals surface area contributed by atoms with Gasteiger partial charge in [0.1, 0.15) is 0 Å². The predicted octanol–water partition coefficient (Wildman–Crippen LogP) is 2.08. The minimum atomic E-state index is -0.284. The standard InChI is InChI=1S/C17H18BrN5O3/c1-25-15-8-11(9-21-23-17(19)20)2-7-14(15)26-10-16(24)22-13-5-3-12(18)4-6-13/h2-9H,10H2,1H3,(H,22,24)(H4,19,20,23). The number of carbonyl (C=O) groups excluding carboxylic acids is 1. The van der Waals surface area contributed by atoms with Crippen LogP contribution >= 0.6 is 15.9 Å². The van der Waals surface area contributed by atoms with E-state index in [0.717, 1.165) is 4.47 Å². The second kappa shape index (κ2) is 9.42. The molecule has 0 fully saturated rings. The van der Waals surface area contributed by atoms with Crippen LogP contribution in [-0.2, 0) is 4.79 Å². The summed E-state index contributed by atoms with van der Waals surface area (Å²) in [6.07, 6.45) is 1.46. The van der Waals surface area contributed by atoms with E-state index < -0.39 is 0 Å². The molecule has 0 aromatic heterocycles. The van der Waals surface area contributed by atoms with Gasteiger partial charge in [-0.3, -0.25) is 4.79 Å². The Morgan fingerprint density at radius 3 is 2.58 bits per heavy atom. The van der Waals surface area contributed by atoms with Gasteiger partial charge in [-0.05, 0) is 48.0 Å². The van der Waals surface area contributed by atoms with E-state index in [1.54, 1.807) is 30.3 Å². The summed E-state index contributed by atoms with van der Waals surface area (Å²) >= 11 is 3.34. The molecule has 0 saturated heterocycles. The van der Waals surface area contributed by atoms with Crippen LogP contribution in [0.2, 0.25) is 0 Å². The van der Waals surface area contributed by atoms with Crippen molar-refractivity contribution in [1.29, 1.82) is 0 Å². The number of hydrogen-bond acceptors (Lipinski definition) is 5. The van der Waals surface area contributed by atoms with Crippen LogP contribution in [0.4, 0.5) is 5.69 Å². The van der Waals surface area contributed by atoms with E-state index >= 15 is 0 Å². The minimum Gasteiger partial charge on any atom is -0.493 e. The molecule has 1 amide bonds. The van der Waals surface area contributed by atoms with Gasteiger partial charge in [-0.2, -0.15) is 5.10 Å². The van der Waals surface area contributed by atoms with Crippen LogP contribution in [0.25, 0.3) is 0 Å². The number of methoxy groups -OCH3 is 1. The van der Waals surface area contributed by atoms with Crippen molar-refractivity contribution >= 4 is 39.7 Å². The molecular formula is C17H18BrN5O3. The van der Waals surface area contributed by atoms with E-state index in [2.05, 4.69) is 31.4 Å². The molecule has 2 aromatic carbocycles. The van der Waals surface area contributed by atoms with Crippen LogP contribution in [0, 0.1) is 0 Å². The summed E-state index contributed by atoms with van der Waals surface area (Å²) in [5.74, 6) is 0.463. The highest BCUT2D eigenvalue weighted by Gasteiger charge is 2.09. The quantitative estimate of drug-likeness (QED) is 0.360. The first-order valence-corrected chi connectivity index (χ1v) is 8.25. The van der Waals surface area contributed by atoms with E-state index in [0.29, 0.717) is 22.7 Å². The van der Waals surface area contributed by atoms with Gasteiger partial charge in [0.25, 0.3) is 5.91 Å². The van der Waals surface area contributed by atoms with Gasteiger partial charge in [-0.15, -0.1) is 5.10 Å². The molecule has 2 rings (SSSR count). The third-order valence-electron chi connectivity index (χ3n) is 3.05. The fraction of sp³-hybridized carbons (Fsp3) is 0.118. The number of anilines is 1. The van der Waals surface area contributed by atoms with Crippen molar-refractivity contribution in [2.75, 3.05) is 19.0 Å². The summed E-state index contributed by atoms with van der Waals surface area (Å²) in [5.41, 5.74) is 11.8. The summed E-state index contributed by atoms with van der Waals surface area (Å²) in [6, 6.07) is 12.3. The van der Waals surface area contributed by atoms with Crippen molar-refractivity contribution < 1.29 is 14.3 Å². The Morgan fingerprint density at radius 1 is 1.19 bits per heavy atom. The number of nitrogens with one attached hydrogen (secondary N) is 1. The zero-order valence-electron chi connectivity index (χ0n) is 14.0. The molecule has 0 aliphatic carbocycles. The minimum absolute atomic E-state index is 0.134. The van der Waals surface area contributed by atoms with E-state index in [4.69, 9.17) is 20.9 Å². The molecule has 0 bridgehead atoms. The Balaban J connectivity index is 1.97. The second-order valence-corrected chi connectivity index (χ2v) is 5.94. The van der Waals surface area contributed by atoms with Gasteiger partial charge in [0, 0.05) is 10.2 Å². The van der Waals surface area contributed by atoms with Gasteiger partial charge in [-0.25, -0.2) is 0 Å². The first-order valence-electron chi connectivity index (χ1n) is 7.46. The number of rotatable bonds is 7. The maximum absolute atomic E-state index is 12.0. The Hall–Kier alpha value is -3.07. The number of ether oxygens (including phenoxy) is 2. The molecule has 5 N–H and O–H groups in total. The molecular weight excluding hydrogens is 402 g/mol. The largest absolute Gasteiger partial charge is 0.493 e. The fourth-order valence-corrected chi connectivity index (χ4v) is 2.18. The smallest absolute Gasteiger partial charge is 0.262 e. The molecule has 0 radical (unpaired) electrons. The molecule has 2 aromatic rings. The highest BCUT2D eigenvalue weighted by Crippen LogP contribution is 2.27. The second-order valence-electron chi connectivity index (χ2n) is 5.02. The van der Waals surface area contributed by atoms with Gasteiger partial charge >= 0.3 is 0 Å². The Morgan fingerprint density at radius 2 is 1.92 bits per heavy atom. The van der Waals surface area contributed by atoms with Crippen LogP contribution in [0.3, 0.4) is 0 Å². The van der Waals surface area contributed by atoms with Crippen LogP contribution in [-0.4, -0.2) is 31.8 Å². The lowest BCUT2D eigenvalue weighted by Crippen LogP contribution is -2.21.